The molecule has 3 aliphatic rings. The molecule has 6 nitrogen and oxygen atoms in total. The van der Waals surface area contributed by atoms with E-state index in [4.69, 9.17) is 23.7 Å². The van der Waals surface area contributed by atoms with Crippen LogP contribution >= 0.6 is 0 Å². The van der Waals surface area contributed by atoms with Gasteiger partial charge >= 0.3 is 6.16 Å². The predicted molar refractivity (Wildman–Crippen MR) is 69.2 cm³/mol. The fraction of sp³-hybridized carbons (Fsp3) is 0.533. The third-order valence-corrected chi connectivity index (χ3v) is 3.91. The van der Waals surface area contributed by atoms with Crippen LogP contribution in [0.3, 0.4) is 0 Å². The van der Waals surface area contributed by atoms with E-state index < -0.39 is 42.6 Å². The van der Waals surface area contributed by atoms with Gasteiger partial charge in [0.25, 0.3) is 0 Å². The van der Waals surface area contributed by atoms with Crippen molar-refractivity contribution < 1.29 is 28.5 Å². The topological polar surface area (TPSA) is 63.2 Å². The zero-order valence-electron chi connectivity index (χ0n) is 11.7. The van der Waals surface area contributed by atoms with E-state index in [9.17, 15) is 4.79 Å². The quantitative estimate of drug-likeness (QED) is 0.739. The van der Waals surface area contributed by atoms with Gasteiger partial charge in [-0.15, -0.1) is 0 Å². The molecule has 5 atom stereocenters. The largest absolute Gasteiger partial charge is 0.509 e. The maximum atomic E-state index is 11.7. The molecule has 3 saturated heterocycles. The minimum Gasteiger partial charge on any atom is -0.425 e. The number of fused-ring (bicyclic) bond motifs is 3. The lowest BCUT2D eigenvalue weighted by molar-refractivity contribution is -0.239. The molecule has 0 saturated carbocycles. The van der Waals surface area contributed by atoms with Crippen molar-refractivity contribution in [3.8, 4) is 0 Å². The van der Waals surface area contributed by atoms with Gasteiger partial charge in [-0.3, -0.25) is 0 Å². The van der Waals surface area contributed by atoms with Crippen molar-refractivity contribution in [1.82, 2.24) is 0 Å². The van der Waals surface area contributed by atoms with Crippen molar-refractivity contribution in [1.29, 1.82) is 0 Å². The van der Waals surface area contributed by atoms with Gasteiger partial charge in [0.1, 0.15) is 6.10 Å². The Hall–Kier alpha value is -1.63. The van der Waals surface area contributed by atoms with Gasteiger partial charge in [0, 0.05) is 0 Å². The van der Waals surface area contributed by atoms with Crippen molar-refractivity contribution in [2.75, 3.05) is 0 Å². The number of ether oxygens (including phenoxy) is 5. The van der Waals surface area contributed by atoms with E-state index >= 15 is 0 Å². The summed E-state index contributed by atoms with van der Waals surface area (Å²) in [4.78, 5) is 11.7. The van der Waals surface area contributed by atoms with E-state index in [-0.39, 0.29) is 0 Å². The van der Waals surface area contributed by atoms with Crippen LogP contribution in [0.15, 0.2) is 30.3 Å². The smallest absolute Gasteiger partial charge is 0.425 e. The average Bonchev–Trinajstić information content (AvgIpc) is 2.91. The van der Waals surface area contributed by atoms with Gasteiger partial charge in [-0.25, -0.2) is 4.79 Å². The van der Waals surface area contributed by atoms with Crippen molar-refractivity contribution in [3.63, 3.8) is 0 Å². The predicted octanol–water partition coefficient (Wildman–Crippen LogP) is 2.14. The van der Waals surface area contributed by atoms with Gasteiger partial charge in [0.2, 0.25) is 0 Å². The summed E-state index contributed by atoms with van der Waals surface area (Å²) in [7, 11) is 0. The Labute approximate surface area is 121 Å². The molecule has 1 aromatic carbocycles. The summed E-state index contributed by atoms with van der Waals surface area (Å²) in [6.45, 7) is 3.61. The fourth-order valence-electron chi connectivity index (χ4n) is 3.09. The molecule has 3 fully saturated rings. The average molecular weight is 292 g/mol. The maximum Gasteiger partial charge on any atom is 0.509 e. The summed E-state index contributed by atoms with van der Waals surface area (Å²) in [6.07, 6.45) is -3.15. The molecule has 3 aliphatic heterocycles. The summed E-state index contributed by atoms with van der Waals surface area (Å²) in [5, 5.41) is 0. The zero-order chi connectivity index (χ0) is 14.6. The van der Waals surface area contributed by atoms with Crippen molar-refractivity contribution in [3.05, 3.63) is 35.9 Å². The highest BCUT2D eigenvalue weighted by molar-refractivity contribution is 5.62. The lowest BCUT2D eigenvalue weighted by atomic mass is 9.98. The molecule has 0 radical (unpaired) electrons. The van der Waals surface area contributed by atoms with Crippen LogP contribution in [0.4, 0.5) is 4.79 Å². The number of benzene rings is 1. The van der Waals surface area contributed by atoms with Crippen molar-refractivity contribution >= 4 is 6.16 Å². The normalized spacial score (nSPS) is 40.1. The van der Waals surface area contributed by atoms with Crippen LogP contribution in [0, 0.1) is 0 Å². The second kappa shape index (κ2) is 4.43. The number of carbonyl (C=O) groups excluding carboxylic acids is 1. The van der Waals surface area contributed by atoms with E-state index in [1.807, 2.05) is 30.3 Å². The molecular weight excluding hydrogens is 276 g/mol. The number of carbonyl (C=O) groups is 1. The van der Waals surface area contributed by atoms with Crippen LogP contribution in [0.25, 0.3) is 0 Å². The Balaban J connectivity index is 1.64. The molecule has 0 bridgehead atoms. The first-order chi connectivity index (χ1) is 10.0. The van der Waals surface area contributed by atoms with Gasteiger partial charge < -0.3 is 23.7 Å². The highest BCUT2D eigenvalue weighted by atomic mass is 16.9. The molecule has 1 aromatic rings. The molecule has 6 heteroatoms. The van der Waals surface area contributed by atoms with E-state index in [1.165, 1.54) is 0 Å². The minimum atomic E-state index is -0.743. The fourth-order valence-corrected chi connectivity index (χ4v) is 3.09. The number of hydrogen-bond donors (Lipinski definition) is 0. The Morgan fingerprint density at radius 1 is 0.952 bits per heavy atom. The van der Waals surface area contributed by atoms with E-state index in [2.05, 4.69) is 0 Å². The maximum absolute atomic E-state index is 11.7. The molecule has 0 amide bonds. The summed E-state index contributed by atoms with van der Waals surface area (Å²) < 4.78 is 28.0. The highest BCUT2D eigenvalue weighted by Gasteiger charge is 2.61. The number of rotatable bonds is 1. The lowest BCUT2D eigenvalue weighted by Crippen LogP contribution is -2.46. The van der Waals surface area contributed by atoms with Gasteiger partial charge in [-0.05, 0) is 19.4 Å². The molecular formula is C15H16O6. The first-order valence-electron chi connectivity index (χ1n) is 6.97. The number of cyclic esters (lactones) is 1. The Kier molecular flexibility index (Phi) is 2.76. The van der Waals surface area contributed by atoms with Gasteiger partial charge in [-0.1, -0.05) is 30.3 Å². The van der Waals surface area contributed by atoms with Crippen molar-refractivity contribution in [2.24, 2.45) is 0 Å². The molecule has 0 unspecified atom stereocenters. The zero-order valence-corrected chi connectivity index (χ0v) is 11.7. The molecule has 4 rings (SSSR count). The third kappa shape index (κ3) is 2.10. The van der Waals surface area contributed by atoms with Crippen LogP contribution in [-0.2, 0) is 23.7 Å². The molecule has 3 heterocycles. The second-order valence-electron chi connectivity index (χ2n) is 5.85. The minimum absolute atomic E-state index is 0.427. The van der Waals surface area contributed by atoms with E-state index in [1.54, 1.807) is 13.8 Å². The Morgan fingerprint density at radius 3 is 2.48 bits per heavy atom. The second-order valence-corrected chi connectivity index (χ2v) is 5.85. The van der Waals surface area contributed by atoms with Gasteiger partial charge in [0.05, 0.1) is 0 Å². The van der Waals surface area contributed by atoms with Crippen LogP contribution < -0.4 is 0 Å². The van der Waals surface area contributed by atoms with Crippen LogP contribution in [0.1, 0.15) is 25.5 Å². The molecule has 0 aliphatic carbocycles. The summed E-state index contributed by atoms with van der Waals surface area (Å²) in [5.41, 5.74) is 0.864. The molecule has 21 heavy (non-hydrogen) atoms. The van der Waals surface area contributed by atoms with Crippen molar-refractivity contribution in [2.45, 2.75) is 50.3 Å². The monoisotopic (exact) mass is 292 g/mol. The van der Waals surface area contributed by atoms with Gasteiger partial charge in [-0.2, -0.15) is 0 Å². The first kappa shape index (κ1) is 13.1. The van der Waals surface area contributed by atoms with Crippen LogP contribution in [0.5, 0.6) is 0 Å². The van der Waals surface area contributed by atoms with E-state index in [0.29, 0.717) is 0 Å². The van der Waals surface area contributed by atoms with Crippen LogP contribution in [0.2, 0.25) is 0 Å². The molecule has 112 valence electrons. The van der Waals surface area contributed by atoms with E-state index in [0.717, 1.165) is 5.56 Å². The summed E-state index contributed by atoms with van der Waals surface area (Å²) >= 11 is 0. The molecule has 0 spiro atoms. The third-order valence-electron chi connectivity index (χ3n) is 3.91. The molecule has 0 aromatic heterocycles. The lowest BCUT2D eigenvalue weighted by Gasteiger charge is -2.34. The Bertz CT molecular complexity index is 557. The summed E-state index contributed by atoms with van der Waals surface area (Å²) in [6, 6.07) is 9.47. The first-order valence-corrected chi connectivity index (χ1v) is 6.97. The van der Waals surface area contributed by atoms with Gasteiger partial charge in [0.15, 0.2) is 30.4 Å². The Morgan fingerprint density at radius 2 is 1.71 bits per heavy atom. The number of hydrogen-bond acceptors (Lipinski definition) is 6. The SMILES string of the molecule is CC1(C)O[C@H]2O[C@H]3[C@H](OC(=O)O[C@@H]3c3ccccc3)[C@H]2O1. The standard InChI is InChI=1S/C15H16O6/c1-15(2)20-12-11-10(17-13(12)21-15)9(18-14(16)19-11)8-6-4-3-5-7-8/h3-7,9-13H,1-2H3/t9-,10-,11+,12-,13-/m1/s1. The van der Waals surface area contributed by atoms with Crippen LogP contribution in [-0.4, -0.2) is 36.5 Å². The molecule has 0 N–H and O–H groups in total. The highest BCUT2D eigenvalue weighted by Crippen LogP contribution is 2.45. The summed E-state index contributed by atoms with van der Waals surface area (Å²) in [5.74, 6) is -0.743.